The summed E-state index contributed by atoms with van der Waals surface area (Å²) in [6, 6.07) is 1.73. The molecule has 1 fully saturated rings. The quantitative estimate of drug-likeness (QED) is 0.349. The van der Waals surface area contributed by atoms with Crippen molar-refractivity contribution in [1.82, 2.24) is 0 Å². The molecule has 3 heterocycles. The van der Waals surface area contributed by atoms with Gasteiger partial charge in [-0.3, -0.25) is 0 Å². The van der Waals surface area contributed by atoms with Crippen molar-refractivity contribution in [1.29, 1.82) is 0 Å². The highest BCUT2D eigenvalue weighted by Crippen LogP contribution is 2.53. The van der Waals surface area contributed by atoms with E-state index < -0.39 is 32.5 Å². The second-order valence-electron chi connectivity index (χ2n) is 11.9. The van der Waals surface area contributed by atoms with Gasteiger partial charge in [0, 0.05) is 18.4 Å². The van der Waals surface area contributed by atoms with Crippen LogP contribution in [0.3, 0.4) is 0 Å². The van der Waals surface area contributed by atoms with Gasteiger partial charge in [-0.15, -0.1) is 0 Å². The van der Waals surface area contributed by atoms with Crippen LogP contribution in [0.2, 0.25) is 16.6 Å². The average molecular weight is 531 g/mol. The molecule has 1 aromatic heterocycles. The molecule has 1 saturated carbocycles. The third-order valence-corrected chi connectivity index (χ3v) is 14.8. The van der Waals surface area contributed by atoms with Crippen LogP contribution in [0.15, 0.2) is 27.7 Å². The van der Waals surface area contributed by atoms with Crippen molar-refractivity contribution in [2.45, 2.75) is 109 Å². The second kappa shape index (κ2) is 10.5. The lowest BCUT2D eigenvalue weighted by Gasteiger charge is -2.52. The molecule has 2 aliphatic heterocycles. The van der Waals surface area contributed by atoms with E-state index in [4.69, 9.17) is 18.3 Å². The van der Waals surface area contributed by atoms with Crippen molar-refractivity contribution in [3.8, 4) is 0 Å². The smallest absolute Gasteiger partial charge is 0.341 e. The Morgan fingerprint density at radius 2 is 1.76 bits per heavy atom. The molecule has 7 nitrogen and oxygen atoms in total. The molecule has 8 heteroatoms. The van der Waals surface area contributed by atoms with Crippen LogP contribution >= 0.6 is 0 Å². The number of carbonyl (C=O) groups excluding carboxylic acids is 2. The molecule has 0 saturated heterocycles. The first-order chi connectivity index (χ1) is 17.4. The lowest BCUT2D eigenvalue weighted by atomic mass is 9.66. The van der Waals surface area contributed by atoms with Crippen LogP contribution in [0.5, 0.6) is 0 Å². The van der Waals surface area contributed by atoms with Crippen LogP contribution in [0.4, 0.5) is 0 Å². The summed E-state index contributed by atoms with van der Waals surface area (Å²) in [5.74, 6) is -0.0141. The van der Waals surface area contributed by atoms with Gasteiger partial charge in [-0.05, 0) is 60.5 Å². The first kappa shape index (κ1) is 27.9. The van der Waals surface area contributed by atoms with Crippen molar-refractivity contribution in [3.05, 3.63) is 40.4 Å². The average Bonchev–Trinajstić information content (AvgIpc) is 3.37. The van der Waals surface area contributed by atoms with Crippen LogP contribution in [0.1, 0.15) is 95.5 Å². The Labute approximate surface area is 221 Å². The van der Waals surface area contributed by atoms with E-state index >= 15 is 0 Å². The van der Waals surface area contributed by atoms with Gasteiger partial charge in [0.25, 0.3) is 0 Å². The van der Waals surface area contributed by atoms with Gasteiger partial charge < -0.3 is 23.4 Å². The minimum atomic E-state index is -2.20. The van der Waals surface area contributed by atoms with Crippen molar-refractivity contribution in [3.63, 3.8) is 0 Å². The van der Waals surface area contributed by atoms with Crippen molar-refractivity contribution in [2.24, 2.45) is 5.92 Å². The van der Waals surface area contributed by atoms with E-state index in [9.17, 15) is 14.7 Å². The molecule has 4 bridgehead atoms. The van der Waals surface area contributed by atoms with Gasteiger partial charge in [0.1, 0.15) is 23.2 Å². The molecule has 204 valence electrons. The van der Waals surface area contributed by atoms with Gasteiger partial charge in [-0.1, -0.05) is 47.1 Å². The number of aliphatic hydroxyl groups is 1. The summed E-state index contributed by atoms with van der Waals surface area (Å²) < 4.78 is 24.1. The standard InChI is InChI=1S/C29H42O7Si/c1-15(2)37(16(3)4,17(5)6)36-26-14-22-21(26)13-25(30)23-11-20(35-29(23)32)10-18(7)9-19-12-24(27(22)34-19)28(31)33-8/h9,11-12,15-17,20-22,25-26,30H,10,13-14H2,1-8H3/b18-9-/t20-,21+,22-,25+,26-/m0/s1. The highest BCUT2D eigenvalue weighted by atomic mass is 28.4. The first-order valence-electron chi connectivity index (χ1n) is 13.6. The molecule has 0 aromatic carbocycles. The maximum atomic E-state index is 12.7. The number of furan rings is 1. The molecule has 0 radical (unpaired) electrons. The molecule has 0 unspecified atom stereocenters. The van der Waals surface area contributed by atoms with Crippen molar-refractivity contribution >= 4 is 26.3 Å². The number of ether oxygens (including phenoxy) is 2. The fourth-order valence-electron chi connectivity index (χ4n) is 6.99. The summed E-state index contributed by atoms with van der Waals surface area (Å²) in [6.07, 6.45) is 3.60. The number of hydrogen-bond donors (Lipinski definition) is 1. The SMILES string of the molecule is COC(=O)c1cc2oc1[C@H]1C[C@H](O[Si](C(C)C)(C(C)C)C(C)C)[C@@H]1C[C@@H](O)C1=C[C@H](C/C(C)=C\2)OC1=O. The molecule has 37 heavy (non-hydrogen) atoms. The second-order valence-corrected chi connectivity index (χ2v) is 17.3. The molecule has 1 aromatic rings. The maximum Gasteiger partial charge on any atom is 0.341 e. The number of carbonyl (C=O) groups is 2. The van der Waals surface area contributed by atoms with E-state index in [0.29, 0.717) is 58.5 Å². The van der Waals surface area contributed by atoms with Crippen LogP contribution in [0.25, 0.3) is 6.08 Å². The monoisotopic (exact) mass is 530 g/mol. The highest BCUT2D eigenvalue weighted by molar-refractivity contribution is 6.77. The number of fused-ring (bicyclic) bond motifs is 5. The summed E-state index contributed by atoms with van der Waals surface area (Å²) >= 11 is 0. The van der Waals surface area contributed by atoms with Gasteiger partial charge in [0.2, 0.25) is 8.32 Å². The predicted molar refractivity (Wildman–Crippen MR) is 144 cm³/mol. The Kier molecular flexibility index (Phi) is 7.94. The normalized spacial score (nSPS) is 29.4. The van der Waals surface area contributed by atoms with Crippen molar-refractivity contribution in [2.75, 3.05) is 7.11 Å². The molecule has 1 aliphatic carbocycles. The zero-order valence-corrected chi connectivity index (χ0v) is 24.4. The third-order valence-electron chi connectivity index (χ3n) is 8.69. The topological polar surface area (TPSA) is 95.2 Å². The Bertz CT molecular complexity index is 1070. The van der Waals surface area contributed by atoms with Gasteiger partial charge in [-0.2, -0.15) is 0 Å². The number of rotatable bonds is 6. The van der Waals surface area contributed by atoms with E-state index in [-0.39, 0.29) is 17.9 Å². The van der Waals surface area contributed by atoms with Crippen LogP contribution in [-0.4, -0.2) is 50.8 Å². The van der Waals surface area contributed by atoms with Crippen LogP contribution in [0, 0.1) is 5.92 Å². The van der Waals surface area contributed by atoms with Gasteiger partial charge in [0.15, 0.2) is 0 Å². The molecular weight excluding hydrogens is 488 g/mol. The summed E-state index contributed by atoms with van der Waals surface area (Å²) in [6.45, 7) is 15.5. The summed E-state index contributed by atoms with van der Waals surface area (Å²) in [4.78, 5) is 25.4. The van der Waals surface area contributed by atoms with Crippen molar-refractivity contribution < 1.29 is 33.0 Å². The largest absolute Gasteiger partial charge is 0.465 e. The van der Waals surface area contributed by atoms with E-state index in [0.717, 1.165) is 5.57 Å². The Balaban J connectivity index is 1.77. The van der Waals surface area contributed by atoms with Crippen LogP contribution < -0.4 is 0 Å². The lowest BCUT2D eigenvalue weighted by Crippen LogP contribution is -2.56. The molecule has 1 N–H and O–H groups in total. The summed E-state index contributed by atoms with van der Waals surface area (Å²) in [7, 11) is -0.834. The van der Waals surface area contributed by atoms with E-state index in [1.165, 1.54) is 7.11 Å². The van der Waals surface area contributed by atoms with E-state index in [2.05, 4.69) is 41.5 Å². The molecule has 0 amide bonds. The number of methoxy groups -OCH3 is 1. The molecular formula is C29H42O7Si. The summed E-state index contributed by atoms with van der Waals surface area (Å²) in [5.41, 5.74) is 2.90. The zero-order valence-electron chi connectivity index (χ0n) is 23.4. The number of esters is 2. The Morgan fingerprint density at radius 1 is 1.11 bits per heavy atom. The number of hydrogen-bond acceptors (Lipinski definition) is 7. The van der Waals surface area contributed by atoms with E-state index in [1.54, 1.807) is 12.1 Å². The summed E-state index contributed by atoms with van der Waals surface area (Å²) in [5, 5.41) is 11.3. The molecule has 5 atom stereocenters. The minimum absolute atomic E-state index is 0.103. The molecule has 4 rings (SSSR count). The first-order valence-corrected chi connectivity index (χ1v) is 15.7. The highest BCUT2D eigenvalue weighted by Gasteiger charge is 2.54. The molecule has 3 aliphatic rings. The number of aliphatic hydroxyl groups excluding tert-OH is 1. The maximum absolute atomic E-state index is 12.7. The minimum Gasteiger partial charge on any atom is -0.465 e. The predicted octanol–water partition coefficient (Wildman–Crippen LogP) is 6.14. The van der Waals surface area contributed by atoms with Gasteiger partial charge in [0.05, 0.1) is 18.8 Å². The Morgan fingerprint density at radius 3 is 2.35 bits per heavy atom. The van der Waals surface area contributed by atoms with Gasteiger partial charge >= 0.3 is 11.9 Å². The fraction of sp³-hybridized carbons (Fsp3) is 0.655. The van der Waals surface area contributed by atoms with E-state index in [1.807, 2.05) is 13.0 Å². The lowest BCUT2D eigenvalue weighted by molar-refractivity contribution is -0.140. The van der Waals surface area contributed by atoms with Crippen LogP contribution in [-0.2, 0) is 18.7 Å². The third kappa shape index (κ3) is 5.00. The fourth-order valence-corrected chi connectivity index (χ4v) is 12.6. The zero-order chi connectivity index (χ0) is 27.2. The molecule has 0 spiro atoms. The van der Waals surface area contributed by atoms with Gasteiger partial charge in [-0.25, -0.2) is 9.59 Å². The Hall–Kier alpha value is -2.16.